The van der Waals surface area contributed by atoms with Crippen LogP contribution in [0.2, 0.25) is 0 Å². The van der Waals surface area contributed by atoms with Crippen LogP contribution < -0.4 is 5.56 Å². The molecule has 0 aliphatic heterocycles. The predicted octanol–water partition coefficient (Wildman–Crippen LogP) is 2.30. The number of pyridine rings is 2. The van der Waals surface area contributed by atoms with Crippen LogP contribution in [0.4, 0.5) is 0 Å². The lowest BCUT2D eigenvalue weighted by molar-refractivity contribution is -0.147. The zero-order valence-corrected chi connectivity index (χ0v) is 13.0. The Morgan fingerprint density at radius 1 is 1.35 bits per heavy atom. The predicted molar refractivity (Wildman–Crippen MR) is 84.6 cm³/mol. The van der Waals surface area contributed by atoms with Gasteiger partial charge in [-0.05, 0) is 37.6 Å². The van der Waals surface area contributed by atoms with E-state index in [1.807, 2.05) is 6.07 Å². The minimum atomic E-state index is -0.798. The minimum Gasteiger partial charge on any atom is -0.464 e. The Kier molecular flexibility index (Phi) is 5.26. The zero-order chi connectivity index (χ0) is 16.8. The Balaban J connectivity index is 2.70. The number of aromatic nitrogens is 2. The molecule has 118 valence electrons. The van der Waals surface area contributed by atoms with Crippen molar-refractivity contribution in [2.75, 3.05) is 6.61 Å². The van der Waals surface area contributed by atoms with E-state index in [1.165, 1.54) is 10.6 Å². The summed E-state index contributed by atoms with van der Waals surface area (Å²) in [5.74, 6) is -0.496. The molecule has 0 radical (unpaired) electrons. The first kappa shape index (κ1) is 16.4. The van der Waals surface area contributed by atoms with Gasteiger partial charge in [0.2, 0.25) is 0 Å². The number of rotatable bonds is 5. The second kappa shape index (κ2) is 7.36. The molecule has 2 aromatic rings. The van der Waals surface area contributed by atoms with E-state index in [1.54, 1.807) is 44.3 Å². The molecule has 0 saturated heterocycles. The summed E-state index contributed by atoms with van der Waals surface area (Å²) in [4.78, 5) is 29.1. The molecule has 6 heteroatoms. The highest BCUT2D eigenvalue weighted by molar-refractivity contribution is 5.75. The molecule has 0 aliphatic carbocycles. The highest BCUT2D eigenvalue weighted by Crippen LogP contribution is 2.22. The third-order valence-corrected chi connectivity index (χ3v) is 3.42. The van der Waals surface area contributed by atoms with Crippen molar-refractivity contribution in [2.24, 2.45) is 0 Å². The Morgan fingerprint density at radius 3 is 2.70 bits per heavy atom. The van der Waals surface area contributed by atoms with Gasteiger partial charge in [0, 0.05) is 6.20 Å². The molecule has 2 rings (SSSR count). The number of carbonyl (C=O) groups is 1. The summed E-state index contributed by atoms with van der Waals surface area (Å²) >= 11 is 0. The van der Waals surface area contributed by atoms with Crippen molar-refractivity contribution in [1.82, 2.24) is 9.55 Å². The maximum absolute atomic E-state index is 12.6. The molecule has 0 N–H and O–H groups in total. The van der Waals surface area contributed by atoms with Crippen LogP contribution in [-0.2, 0) is 9.53 Å². The molecule has 0 aromatic carbocycles. The van der Waals surface area contributed by atoms with Gasteiger partial charge in [0.05, 0.1) is 18.0 Å². The van der Waals surface area contributed by atoms with Crippen molar-refractivity contribution in [2.45, 2.75) is 26.3 Å². The van der Waals surface area contributed by atoms with Crippen LogP contribution in [-0.4, -0.2) is 22.1 Å². The normalized spacial score (nSPS) is 11.5. The van der Waals surface area contributed by atoms with Crippen molar-refractivity contribution in [1.29, 1.82) is 5.26 Å². The van der Waals surface area contributed by atoms with Gasteiger partial charge >= 0.3 is 5.97 Å². The van der Waals surface area contributed by atoms with Gasteiger partial charge in [0.15, 0.2) is 0 Å². The van der Waals surface area contributed by atoms with Gasteiger partial charge in [-0.3, -0.25) is 14.3 Å². The van der Waals surface area contributed by atoms with Crippen molar-refractivity contribution in [3.8, 4) is 17.5 Å². The monoisotopic (exact) mass is 311 g/mol. The molecule has 1 unspecified atom stereocenters. The molecule has 0 fully saturated rings. The van der Waals surface area contributed by atoms with Gasteiger partial charge in [0.25, 0.3) is 5.56 Å². The van der Waals surface area contributed by atoms with E-state index in [-0.39, 0.29) is 12.2 Å². The molecule has 0 bridgehead atoms. The summed E-state index contributed by atoms with van der Waals surface area (Å²) < 4.78 is 6.37. The third kappa shape index (κ3) is 3.29. The largest absolute Gasteiger partial charge is 0.464 e. The molecular formula is C17H17N3O3. The highest BCUT2D eigenvalue weighted by atomic mass is 16.5. The third-order valence-electron chi connectivity index (χ3n) is 3.42. The summed E-state index contributed by atoms with van der Waals surface area (Å²) in [6.45, 7) is 3.72. The average molecular weight is 311 g/mol. The van der Waals surface area contributed by atoms with Gasteiger partial charge in [-0.15, -0.1) is 0 Å². The lowest BCUT2D eigenvalue weighted by atomic mass is 10.1. The topological polar surface area (TPSA) is 85.0 Å². The Labute approximate surface area is 134 Å². The SMILES string of the molecule is CCOC(=O)C(CC)n1c(-c2ccccn2)ccc(C#N)c1=O. The van der Waals surface area contributed by atoms with Gasteiger partial charge in [-0.2, -0.15) is 5.26 Å². The van der Waals surface area contributed by atoms with Gasteiger partial charge < -0.3 is 4.74 Å². The van der Waals surface area contributed by atoms with Gasteiger partial charge in [-0.25, -0.2) is 4.79 Å². The minimum absolute atomic E-state index is 0.0209. The molecule has 1 atom stereocenters. The van der Waals surface area contributed by atoms with E-state index in [4.69, 9.17) is 10.00 Å². The molecule has 23 heavy (non-hydrogen) atoms. The van der Waals surface area contributed by atoms with Crippen LogP contribution in [0.1, 0.15) is 31.9 Å². The second-order valence-electron chi connectivity index (χ2n) is 4.81. The fourth-order valence-electron chi connectivity index (χ4n) is 2.36. The molecular weight excluding hydrogens is 294 g/mol. The number of hydrogen-bond acceptors (Lipinski definition) is 5. The number of ether oxygens (including phenoxy) is 1. The van der Waals surface area contributed by atoms with Crippen LogP contribution in [0.3, 0.4) is 0 Å². The summed E-state index contributed by atoms with van der Waals surface area (Å²) in [6.07, 6.45) is 1.97. The highest BCUT2D eigenvalue weighted by Gasteiger charge is 2.25. The summed E-state index contributed by atoms with van der Waals surface area (Å²) in [5.41, 5.74) is 0.495. The molecule has 2 heterocycles. The molecule has 2 aromatic heterocycles. The molecule has 0 saturated carbocycles. The van der Waals surface area contributed by atoms with Crippen molar-refractivity contribution < 1.29 is 9.53 Å². The standard InChI is InChI=1S/C17H17N3O3/c1-3-14(17(22)23-4-2)20-15(13-7-5-6-10-19-13)9-8-12(11-18)16(20)21/h5-10,14H,3-4H2,1-2H3. The maximum atomic E-state index is 12.6. The van der Waals surface area contributed by atoms with Gasteiger partial charge in [-0.1, -0.05) is 13.0 Å². The fraction of sp³-hybridized carbons (Fsp3) is 0.294. The number of carbonyl (C=O) groups excluding carboxylic acids is 1. The smallest absolute Gasteiger partial charge is 0.329 e. The number of hydrogen-bond donors (Lipinski definition) is 0. The summed E-state index contributed by atoms with van der Waals surface area (Å²) in [7, 11) is 0. The molecule has 6 nitrogen and oxygen atoms in total. The van der Waals surface area contributed by atoms with Crippen LogP contribution in [0, 0.1) is 11.3 Å². The first-order chi connectivity index (χ1) is 11.1. The first-order valence-corrected chi connectivity index (χ1v) is 7.37. The Morgan fingerprint density at radius 2 is 2.13 bits per heavy atom. The van der Waals surface area contributed by atoms with E-state index in [0.29, 0.717) is 17.8 Å². The van der Waals surface area contributed by atoms with Crippen molar-refractivity contribution >= 4 is 5.97 Å². The molecule has 0 spiro atoms. The van der Waals surface area contributed by atoms with E-state index in [9.17, 15) is 9.59 Å². The maximum Gasteiger partial charge on any atom is 0.329 e. The second-order valence-corrected chi connectivity index (χ2v) is 4.81. The van der Waals surface area contributed by atoms with Crippen LogP contribution >= 0.6 is 0 Å². The summed E-state index contributed by atoms with van der Waals surface area (Å²) in [5, 5.41) is 9.11. The number of nitrogens with zero attached hydrogens (tertiary/aromatic N) is 3. The zero-order valence-electron chi connectivity index (χ0n) is 13.0. The summed E-state index contributed by atoms with van der Waals surface area (Å²) in [6, 6.07) is 9.43. The Hall–Kier alpha value is -2.94. The van der Waals surface area contributed by atoms with E-state index < -0.39 is 17.6 Å². The molecule has 0 amide bonds. The quantitative estimate of drug-likeness (QED) is 0.791. The van der Waals surface area contributed by atoms with E-state index in [0.717, 1.165) is 0 Å². The fourth-order valence-corrected chi connectivity index (χ4v) is 2.36. The number of nitriles is 1. The van der Waals surface area contributed by atoms with Crippen molar-refractivity contribution in [3.05, 3.63) is 52.4 Å². The molecule has 0 aliphatic rings. The van der Waals surface area contributed by atoms with E-state index >= 15 is 0 Å². The van der Waals surface area contributed by atoms with Gasteiger partial charge in [0.1, 0.15) is 17.7 Å². The average Bonchev–Trinajstić information content (AvgIpc) is 2.58. The number of esters is 1. The van der Waals surface area contributed by atoms with E-state index in [2.05, 4.69) is 4.98 Å². The van der Waals surface area contributed by atoms with Crippen molar-refractivity contribution in [3.63, 3.8) is 0 Å². The lowest BCUT2D eigenvalue weighted by Gasteiger charge is -2.20. The lowest BCUT2D eigenvalue weighted by Crippen LogP contribution is -2.33. The van der Waals surface area contributed by atoms with Crippen LogP contribution in [0.25, 0.3) is 11.4 Å². The first-order valence-electron chi connectivity index (χ1n) is 7.37. The Bertz CT molecular complexity index is 791. The van der Waals surface area contributed by atoms with Crippen LogP contribution in [0.5, 0.6) is 0 Å². The van der Waals surface area contributed by atoms with Crippen LogP contribution in [0.15, 0.2) is 41.3 Å².